The third-order valence-corrected chi connectivity index (χ3v) is 7.12. The van der Waals surface area contributed by atoms with Crippen molar-refractivity contribution in [1.29, 1.82) is 0 Å². The van der Waals surface area contributed by atoms with Crippen LogP contribution in [0.2, 0.25) is 10.0 Å². The number of amides is 3. The topological polar surface area (TPSA) is 87.3 Å². The SMILES string of the molecule is O=C(CSc1cccc(NC(=O)/C(=C/c2ccsc2)NC(=O)c2ccccc2)c1)Nc1cc(Cl)cc(Cl)c1. The smallest absolute Gasteiger partial charge is 0.272 e. The lowest BCUT2D eigenvalue weighted by Crippen LogP contribution is -2.30. The van der Waals surface area contributed by atoms with Gasteiger partial charge in [-0.25, -0.2) is 0 Å². The Morgan fingerprint density at radius 1 is 0.842 bits per heavy atom. The molecule has 38 heavy (non-hydrogen) atoms. The van der Waals surface area contributed by atoms with E-state index in [2.05, 4.69) is 16.0 Å². The summed E-state index contributed by atoms with van der Waals surface area (Å²) in [6.45, 7) is 0. The highest BCUT2D eigenvalue weighted by atomic mass is 35.5. The fourth-order valence-corrected chi connectivity index (χ4v) is 5.20. The second-order valence-electron chi connectivity index (χ2n) is 7.91. The van der Waals surface area contributed by atoms with Crippen LogP contribution in [0.5, 0.6) is 0 Å². The van der Waals surface area contributed by atoms with E-state index in [1.165, 1.54) is 23.1 Å². The van der Waals surface area contributed by atoms with Crippen molar-refractivity contribution in [2.24, 2.45) is 0 Å². The lowest BCUT2D eigenvalue weighted by molar-refractivity contribution is -0.114. The summed E-state index contributed by atoms with van der Waals surface area (Å²) in [6.07, 6.45) is 1.62. The number of thioether (sulfide) groups is 1. The molecule has 3 aromatic carbocycles. The first kappa shape index (κ1) is 27.5. The zero-order valence-electron chi connectivity index (χ0n) is 19.7. The molecule has 0 fully saturated rings. The Labute approximate surface area is 238 Å². The molecule has 6 nitrogen and oxygen atoms in total. The fourth-order valence-electron chi connectivity index (χ4n) is 3.30. The molecule has 0 aliphatic rings. The van der Waals surface area contributed by atoms with Crippen molar-refractivity contribution < 1.29 is 14.4 Å². The van der Waals surface area contributed by atoms with Gasteiger partial charge in [-0.05, 0) is 77.0 Å². The van der Waals surface area contributed by atoms with Crippen LogP contribution in [0.25, 0.3) is 6.08 Å². The maximum atomic E-state index is 13.2. The molecule has 0 saturated carbocycles. The summed E-state index contributed by atoms with van der Waals surface area (Å²) >= 11 is 14.8. The first-order valence-electron chi connectivity index (χ1n) is 11.3. The van der Waals surface area contributed by atoms with E-state index in [1.54, 1.807) is 66.7 Å². The Hall–Kier alpha value is -3.56. The maximum absolute atomic E-state index is 13.2. The number of benzene rings is 3. The molecule has 192 valence electrons. The molecule has 4 aromatic rings. The molecular formula is C28H21Cl2N3O3S2. The molecule has 0 radical (unpaired) electrons. The molecule has 4 rings (SSSR count). The second-order valence-corrected chi connectivity index (χ2v) is 10.6. The highest BCUT2D eigenvalue weighted by Gasteiger charge is 2.15. The van der Waals surface area contributed by atoms with Crippen LogP contribution in [-0.4, -0.2) is 23.5 Å². The quantitative estimate of drug-likeness (QED) is 0.144. The van der Waals surface area contributed by atoms with Crippen LogP contribution < -0.4 is 16.0 Å². The molecule has 0 saturated heterocycles. The summed E-state index contributed by atoms with van der Waals surface area (Å²) in [7, 11) is 0. The van der Waals surface area contributed by atoms with E-state index in [1.807, 2.05) is 29.0 Å². The summed E-state index contributed by atoms with van der Waals surface area (Å²) < 4.78 is 0. The number of hydrogen-bond acceptors (Lipinski definition) is 5. The number of hydrogen-bond donors (Lipinski definition) is 3. The molecule has 0 unspecified atom stereocenters. The van der Waals surface area contributed by atoms with Crippen LogP contribution in [0.15, 0.2) is 100 Å². The fraction of sp³-hybridized carbons (Fsp3) is 0.0357. The number of rotatable bonds is 9. The average molecular weight is 583 g/mol. The minimum absolute atomic E-state index is 0.106. The van der Waals surface area contributed by atoms with Gasteiger partial charge < -0.3 is 16.0 Å². The van der Waals surface area contributed by atoms with Gasteiger partial charge in [0.25, 0.3) is 11.8 Å². The summed E-state index contributed by atoms with van der Waals surface area (Å²) in [6, 6.07) is 22.4. The van der Waals surface area contributed by atoms with Crippen LogP contribution in [0.4, 0.5) is 11.4 Å². The number of carbonyl (C=O) groups excluding carboxylic acids is 3. The number of anilines is 2. The van der Waals surface area contributed by atoms with Crippen molar-refractivity contribution in [3.8, 4) is 0 Å². The Morgan fingerprint density at radius 3 is 2.32 bits per heavy atom. The Kier molecular flexibility index (Phi) is 9.62. The molecule has 10 heteroatoms. The molecule has 0 bridgehead atoms. The molecule has 3 N–H and O–H groups in total. The van der Waals surface area contributed by atoms with Gasteiger partial charge >= 0.3 is 0 Å². The van der Waals surface area contributed by atoms with E-state index in [9.17, 15) is 14.4 Å². The third kappa shape index (κ3) is 8.22. The van der Waals surface area contributed by atoms with Gasteiger partial charge in [0.15, 0.2) is 0 Å². The minimum atomic E-state index is -0.474. The van der Waals surface area contributed by atoms with Crippen molar-refractivity contribution in [3.05, 3.63) is 116 Å². The standard InChI is InChI=1S/C28H21Cl2N3O3S2/c29-20-12-21(30)14-23(13-20)31-26(34)17-38-24-8-4-7-22(15-24)32-28(36)25(11-18-9-10-37-16-18)33-27(35)19-5-2-1-3-6-19/h1-16H,17H2,(H,31,34)(H,32,36)(H,33,35)/b25-11-. The van der Waals surface area contributed by atoms with Gasteiger partial charge in [0.1, 0.15) is 5.70 Å². The molecular weight excluding hydrogens is 561 g/mol. The van der Waals surface area contributed by atoms with Gasteiger partial charge in [0.05, 0.1) is 5.75 Å². The molecule has 0 atom stereocenters. The van der Waals surface area contributed by atoms with E-state index in [0.29, 0.717) is 27.0 Å². The molecule has 0 aliphatic carbocycles. The lowest BCUT2D eigenvalue weighted by atomic mass is 10.2. The monoisotopic (exact) mass is 581 g/mol. The zero-order valence-corrected chi connectivity index (χ0v) is 22.9. The van der Waals surface area contributed by atoms with E-state index in [4.69, 9.17) is 23.2 Å². The average Bonchev–Trinajstić information content (AvgIpc) is 3.40. The number of carbonyl (C=O) groups is 3. The van der Waals surface area contributed by atoms with Crippen LogP contribution in [-0.2, 0) is 9.59 Å². The van der Waals surface area contributed by atoms with E-state index in [0.717, 1.165) is 10.5 Å². The van der Waals surface area contributed by atoms with E-state index >= 15 is 0 Å². The summed E-state index contributed by atoms with van der Waals surface area (Å²) in [5, 5.41) is 12.9. The van der Waals surface area contributed by atoms with Gasteiger partial charge in [-0.1, -0.05) is 47.5 Å². The van der Waals surface area contributed by atoms with Gasteiger partial charge in [-0.15, -0.1) is 11.8 Å². The molecule has 0 spiro atoms. The molecule has 1 heterocycles. The van der Waals surface area contributed by atoms with Gasteiger partial charge in [-0.3, -0.25) is 14.4 Å². The van der Waals surface area contributed by atoms with Crippen molar-refractivity contribution in [2.75, 3.05) is 16.4 Å². The first-order chi connectivity index (χ1) is 18.4. The van der Waals surface area contributed by atoms with Crippen LogP contribution in [0.3, 0.4) is 0 Å². The van der Waals surface area contributed by atoms with E-state index < -0.39 is 11.8 Å². The highest BCUT2D eigenvalue weighted by Crippen LogP contribution is 2.25. The molecule has 0 aliphatic heterocycles. The van der Waals surface area contributed by atoms with Crippen molar-refractivity contribution in [1.82, 2.24) is 5.32 Å². The van der Waals surface area contributed by atoms with E-state index in [-0.39, 0.29) is 17.4 Å². The third-order valence-electron chi connectivity index (χ3n) is 4.99. The van der Waals surface area contributed by atoms with Crippen LogP contribution >= 0.6 is 46.3 Å². The van der Waals surface area contributed by atoms with Crippen molar-refractivity contribution >= 4 is 81.5 Å². The van der Waals surface area contributed by atoms with Crippen LogP contribution in [0.1, 0.15) is 15.9 Å². The predicted octanol–water partition coefficient (Wildman–Crippen LogP) is 7.20. The van der Waals surface area contributed by atoms with Gasteiger partial charge in [0, 0.05) is 31.9 Å². The minimum Gasteiger partial charge on any atom is -0.325 e. The number of thiophene rings is 1. The predicted molar refractivity (Wildman–Crippen MR) is 157 cm³/mol. The molecule has 3 amide bonds. The molecule has 1 aromatic heterocycles. The Balaban J connectivity index is 1.41. The van der Waals surface area contributed by atoms with Crippen molar-refractivity contribution in [3.63, 3.8) is 0 Å². The zero-order chi connectivity index (χ0) is 26.9. The summed E-state index contributed by atoms with van der Waals surface area (Å²) in [4.78, 5) is 39.1. The summed E-state index contributed by atoms with van der Waals surface area (Å²) in [5.74, 6) is -0.957. The van der Waals surface area contributed by atoms with Gasteiger partial charge in [-0.2, -0.15) is 11.3 Å². The van der Waals surface area contributed by atoms with Gasteiger partial charge in [0.2, 0.25) is 5.91 Å². The lowest BCUT2D eigenvalue weighted by Gasteiger charge is -2.12. The summed E-state index contributed by atoms with van der Waals surface area (Å²) in [5.41, 5.74) is 2.37. The maximum Gasteiger partial charge on any atom is 0.272 e. The highest BCUT2D eigenvalue weighted by molar-refractivity contribution is 8.00. The van der Waals surface area contributed by atoms with Crippen molar-refractivity contribution in [2.45, 2.75) is 4.90 Å². The first-order valence-corrected chi connectivity index (χ1v) is 13.9. The second kappa shape index (κ2) is 13.3. The number of nitrogens with one attached hydrogen (secondary N) is 3. The normalized spacial score (nSPS) is 11.1. The Morgan fingerprint density at radius 2 is 1.61 bits per heavy atom. The van der Waals surface area contributed by atoms with Crippen LogP contribution in [0, 0.1) is 0 Å². The Bertz CT molecular complexity index is 1460. The largest absolute Gasteiger partial charge is 0.325 e. The number of halogens is 2.